The zero-order valence-electron chi connectivity index (χ0n) is 17.9. The van der Waals surface area contributed by atoms with Crippen LogP contribution in [0.5, 0.6) is 0 Å². The number of hydrogen-bond donors (Lipinski definition) is 0. The normalized spacial score (nSPS) is 16.0. The van der Waals surface area contributed by atoms with E-state index in [0.717, 1.165) is 10.9 Å². The molecule has 1 fully saturated rings. The van der Waals surface area contributed by atoms with Crippen LogP contribution in [0.1, 0.15) is 26.3 Å². The number of aromatic nitrogens is 2. The van der Waals surface area contributed by atoms with Gasteiger partial charge in [0.05, 0.1) is 18.5 Å². The van der Waals surface area contributed by atoms with E-state index >= 15 is 0 Å². The predicted molar refractivity (Wildman–Crippen MR) is 108 cm³/mol. The number of fused-ring (bicyclic) bond motifs is 1. The lowest BCUT2D eigenvalue weighted by atomic mass is 10.1. The van der Waals surface area contributed by atoms with Gasteiger partial charge in [-0.2, -0.15) is 18.3 Å². The third-order valence-corrected chi connectivity index (χ3v) is 4.81. The summed E-state index contributed by atoms with van der Waals surface area (Å²) >= 11 is 0. The number of hydrogen-bond acceptors (Lipinski definition) is 5. The van der Waals surface area contributed by atoms with Gasteiger partial charge in [-0.05, 0) is 38.5 Å². The number of rotatable bonds is 5. The van der Waals surface area contributed by atoms with Crippen LogP contribution < -0.4 is 0 Å². The van der Waals surface area contributed by atoms with E-state index < -0.39 is 18.3 Å². The first-order chi connectivity index (χ1) is 14.4. The van der Waals surface area contributed by atoms with E-state index in [0.29, 0.717) is 5.52 Å². The Balaban J connectivity index is 1.57. The van der Waals surface area contributed by atoms with Crippen LogP contribution in [-0.4, -0.2) is 76.0 Å². The van der Waals surface area contributed by atoms with Gasteiger partial charge in [-0.25, -0.2) is 0 Å². The van der Waals surface area contributed by atoms with Gasteiger partial charge in [0.25, 0.3) is 0 Å². The average Bonchev–Trinajstić information content (AvgIpc) is 3.00. The maximum atomic E-state index is 12.5. The van der Waals surface area contributed by atoms with E-state index in [-0.39, 0.29) is 51.0 Å². The third kappa shape index (κ3) is 6.95. The molecule has 1 amide bonds. The lowest BCUT2D eigenvalue weighted by Crippen LogP contribution is -2.51. The van der Waals surface area contributed by atoms with Crippen LogP contribution in [0.2, 0.25) is 0 Å². The van der Waals surface area contributed by atoms with Crippen LogP contribution in [0.15, 0.2) is 24.4 Å². The quantitative estimate of drug-likeness (QED) is 0.669. The molecule has 3 rings (SSSR count). The first-order valence-corrected chi connectivity index (χ1v) is 10.1. The van der Waals surface area contributed by atoms with Crippen LogP contribution >= 0.6 is 0 Å². The van der Waals surface area contributed by atoms with Crippen molar-refractivity contribution >= 4 is 22.8 Å². The monoisotopic (exact) mass is 440 g/mol. The number of benzene rings is 1. The molecule has 0 unspecified atom stereocenters. The van der Waals surface area contributed by atoms with E-state index in [9.17, 15) is 22.8 Å². The summed E-state index contributed by atoms with van der Waals surface area (Å²) in [5, 5.41) is 5.18. The Bertz CT molecular complexity index is 941. The molecule has 1 aromatic heterocycles. The summed E-state index contributed by atoms with van der Waals surface area (Å²) in [6, 6.07) is 5.42. The van der Waals surface area contributed by atoms with E-state index in [4.69, 9.17) is 4.74 Å². The van der Waals surface area contributed by atoms with Gasteiger partial charge in [-0.1, -0.05) is 6.07 Å². The molecule has 0 aliphatic carbocycles. The average molecular weight is 440 g/mol. The van der Waals surface area contributed by atoms with Gasteiger partial charge in [0.2, 0.25) is 5.91 Å². The van der Waals surface area contributed by atoms with E-state index in [2.05, 4.69) is 5.10 Å². The van der Waals surface area contributed by atoms with Crippen molar-refractivity contribution in [3.05, 3.63) is 30.0 Å². The molecule has 0 saturated carbocycles. The summed E-state index contributed by atoms with van der Waals surface area (Å²) in [5.41, 5.74) is 0.925. The van der Waals surface area contributed by atoms with Crippen molar-refractivity contribution in [3.8, 4) is 0 Å². The molecular weight excluding hydrogens is 413 g/mol. The topological polar surface area (TPSA) is 67.7 Å². The van der Waals surface area contributed by atoms with Crippen LogP contribution in [0.4, 0.5) is 13.2 Å². The minimum atomic E-state index is -4.23. The summed E-state index contributed by atoms with van der Waals surface area (Å²) in [7, 11) is 0. The molecule has 10 heteroatoms. The Hall–Kier alpha value is -2.62. The molecule has 1 aliphatic heterocycles. The molecule has 0 bridgehead atoms. The highest BCUT2D eigenvalue weighted by Crippen LogP contribution is 2.19. The third-order valence-electron chi connectivity index (χ3n) is 4.81. The highest BCUT2D eigenvalue weighted by Gasteiger charge is 2.32. The van der Waals surface area contributed by atoms with Crippen molar-refractivity contribution in [2.45, 2.75) is 45.5 Å². The minimum absolute atomic E-state index is 0.00928. The smallest absolute Gasteiger partial charge is 0.401 e. The summed E-state index contributed by atoms with van der Waals surface area (Å²) < 4.78 is 44.3. The summed E-state index contributed by atoms with van der Waals surface area (Å²) in [6.07, 6.45) is -2.37. The first kappa shape index (κ1) is 23.1. The zero-order valence-corrected chi connectivity index (χ0v) is 17.9. The second-order valence-corrected chi connectivity index (χ2v) is 8.76. The second kappa shape index (κ2) is 8.86. The maximum Gasteiger partial charge on any atom is 0.401 e. The lowest BCUT2D eigenvalue weighted by molar-refractivity contribution is -0.154. The largest absolute Gasteiger partial charge is 0.460 e. The van der Waals surface area contributed by atoms with E-state index in [1.54, 1.807) is 23.2 Å². The number of nitrogens with zero attached hydrogens (tertiary/aromatic N) is 4. The van der Waals surface area contributed by atoms with Crippen molar-refractivity contribution in [2.75, 3.05) is 32.7 Å². The fourth-order valence-electron chi connectivity index (χ4n) is 3.51. The Labute approximate surface area is 178 Å². The van der Waals surface area contributed by atoms with Crippen molar-refractivity contribution in [1.29, 1.82) is 0 Å². The van der Waals surface area contributed by atoms with Gasteiger partial charge in [0, 0.05) is 37.8 Å². The molecule has 170 valence electrons. The fourth-order valence-corrected chi connectivity index (χ4v) is 3.51. The Morgan fingerprint density at radius 1 is 1.10 bits per heavy atom. The van der Waals surface area contributed by atoms with Crippen molar-refractivity contribution in [2.24, 2.45) is 0 Å². The molecule has 0 radical (unpaired) electrons. The van der Waals surface area contributed by atoms with Gasteiger partial charge in [0.15, 0.2) is 0 Å². The van der Waals surface area contributed by atoms with Crippen LogP contribution in [0.25, 0.3) is 10.9 Å². The number of halogens is 3. The highest BCUT2D eigenvalue weighted by atomic mass is 19.4. The summed E-state index contributed by atoms with van der Waals surface area (Å²) in [5.74, 6) is -0.507. The highest BCUT2D eigenvalue weighted by molar-refractivity contribution is 5.82. The lowest BCUT2D eigenvalue weighted by Gasteiger charge is -2.34. The van der Waals surface area contributed by atoms with E-state index in [1.165, 1.54) is 9.58 Å². The standard InChI is InChI=1S/C21H27F3N4O3/c1-20(2,3)31-19(30)11-15-4-5-17-16(10-15)12-28(25-17)13-18(29)27-8-6-26(7-9-27)14-21(22,23)24/h4-5,10,12H,6-9,11,13-14H2,1-3H3. The molecule has 1 saturated heterocycles. The number of esters is 1. The molecule has 7 nitrogen and oxygen atoms in total. The molecule has 1 aromatic carbocycles. The zero-order chi connectivity index (χ0) is 22.8. The number of carbonyl (C=O) groups excluding carboxylic acids is 2. The van der Waals surface area contributed by atoms with Gasteiger partial charge in [0.1, 0.15) is 12.1 Å². The molecular formula is C21H27F3N4O3. The maximum absolute atomic E-state index is 12.5. The number of carbonyl (C=O) groups is 2. The predicted octanol–water partition coefficient (Wildman–Crippen LogP) is 2.63. The molecule has 0 atom stereocenters. The van der Waals surface area contributed by atoms with Gasteiger partial charge in [-0.3, -0.25) is 19.2 Å². The van der Waals surface area contributed by atoms with Crippen molar-refractivity contribution < 1.29 is 27.5 Å². The number of alkyl halides is 3. The van der Waals surface area contributed by atoms with Gasteiger partial charge < -0.3 is 9.64 Å². The fraction of sp³-hybridized carbons (Fsp3) is 0.571. The second-order valence-electron chi connectivity index (χ2n) is 8.76. The molecule has 0 spiro atoms. The molecule has 1 aliphatic rings. The van der Waals surface area contributed by atoms with Crippen LogP contribution in [-0.2, 0) is 27.3 Å². The Kier molecular flexibility index (Phi) is 6.59. The van der Waals surface area contributed by atoms with Gasteiger partial charge in [-0.15, -0.1) is 0 Å². The van der Waals surface area contributed by atoms with Crippen molar-refractivity contribution in [1.82, 2.24) is 19.6 Å². The minimum Gasteiger partial charge on any atom is -0.460 e. The van der Waals surface area contributed by atoms with Crippen LogP contribution in [0, 0.1) is 0 Å². The summed E-state index contributed by atoms with van der Waals surface area (Å²) in [4.78, 5) is 27.4. The Morgan fingerprint density at radius 3 is 2.39 bits per heavy atom. The summed E-state index contributed by atoms with van der Waals surface area (Å²) in [6.45, 7) is 5.40. The van der Waals surface area contributed by atoms with Crippen LogP contribution in [0.3, 0.4) is 0 Å². The molecule has 2 heterocycles. The first-order valence-electron chi connectivity index (χ1n) is 10.1. The number of ether oxygens (including phenoxy) is 1. The molecule has 2 aromatic rings. The molecule has 31 heavy (non-hydrogen) atoms. The SMILES string of the molecule is CC(C)(C)OC(=O)Cc1ccc2nn(CC(=O)N3CCN(CC(F)(F)F)CC3)cc2c1. The number of piperazine rings is 1. The van der Waals surface area contributed by atoms with Crippen molar-refractivity contribution in [3.63, 3.8) is 0 Å². The molecule has 0 N–H and O–H groups in total. The number of amides is 1. The van der Waals surface area contributed by atoms with Gasteiger partial charge >= 0.3 is 12.1 Å². The van der Waals surface area contributed by atoms with E-state index in [1.807, 2.05) is 26.8 Å². The Morgan fingerprint density at radius 2 is 1.77 bits per heavy atom.